The third kappa shape index (κ3) is 1.24. The van der Waals surface area contributed by atoms with Crippen LogP contribution in [0.5, 0.6) is 0 Å². The predicted molar refractivity (Wildman–Crippen MR) is 49.6 cm³/mol. The van der Waals surface area contributed by atoms with Gasteiger partial charge in [0.2, 0.25) is 0 Å². The van der Waals surface area contributed by atoms with Gasteiger partial charge in [-0.2, -0.15) is 0 Å². The van der Waals surface area contributed by atoms with Crippen LogP contribution in [0.15, 0.2) is 0 Å². The highest BCUT2D eigenvalue weighted by atomic mass is 15.2. The number of fused-ring (bicyclic) bond motifs is 2. The van der Waals surface area contributed by atoms with Gasteiger partial charge in [0.1, 0.15) is 0 Å². The molecule has 0 aromatic rings. The van der Waals surface area contributed by atoms with Gasteiger partial charge >= 0.3 is 0 Å². The Kier molecular flexibility index (Phi) is 2.08. The van der Waals surface area contributed by atoms with Crippen molar-refractivity contribution in [3.05, 3.63) is 0 Å². The van der Waals surface area contributed by atoms with Gasteiger partial charge in [-0.05, 0) is 25.7 Å². The van der Waals surface area contributed by atoms with Gasteiger partial charge < -0.3 is 5.73 Å². The summed E-state index contributed by atoms with van der Waals surface area (Å²) in [5.41, 5.74) is 5.94. The Labute approximate surface area is 74.1 Å². The average Bonchev–Trinajstić information content (AvgIpc) is 2.32. The summed E-state index contributed by atoms with van der Waals surface area (Å²) in [7, 11) is 0. The summed E-state index contributed by atoms with van der Waals surface area (Å²) in [6.07, 6.45) is 10.2. The molecule has 0 aliphatic carbocycles. The van der Waals surface area contributed by atoms with Crippen LogP contribution in [-0.4, -0.2) is 29.6 Å². The maximum atomic E-state index is 5.94. The number of hydrogen-bond donors (Lipinski definition) is 1. The van der Waals surface area contributed by atoms with E-state index in [4.69, 9.17) is 12.2 Å². The third-order valence-electron chi connectivity index (χ3n) is 3.19. The van der Waals surface area contributed by atoms with Gasteiger partial charge in [0.15, 0.2) is 0 Å². The van der Waals surface area contributed by atoms with Crippen LogP contribution >= 0.6 is 0 Å². The van der Waals surface area contributed by atoms with Crippen molar-refractivity contribution < 1.29 is 0 Å². The minimum Gasteiger partial charge on any atom is -0.328 e. The van der Waals surface area contributed by atoms with E-state index in [9.17, 15) is 0 Å². The molecule has 2 rings (SSSR count). The minimum atomic E-state index is 0.427. The zero-order chi connectivity index (χ0) is 8.55. The molecule has 3 atom stereocenters. The highest BCUT2D eigenvalue weighted by molar-refractivity contribution is 5.01. The number of hydrogen-bond acceptors (Lipinski definition) is 2. The van der Waals surface area contributed by atoms with Crippen LogP contribution in [0, 0.1) is 12.3 Å². The highest BCUT2D eigenvalue weighted by Crippen LogP contribution is 2.34. The van der Waals surface area contributed by atoms with E-state index in [-0.39, 0.29) is 0 Å². The maximum absolute atomic E-state index is 5.94. The van der Waals surface area contributed by atoms with E-state index in [1.807, 2.05) is 0 Å². The minimum absolute atomic E-state index is 0.427. The maximum Gasteiger partial charge on any atom is 0.0603 e. The van der Waals surface area contributed by atoms with E-state index in [1.165, 1.54) is 12.8 Å². The number of nitrogens with zero attached hydrogens (tertiary/aromatic N) is 1. The molecular weight excluding hydrogens is 148 g/mol. The lowest BCUT2D eigenvalue weighted by Crippen LogP contribution is -2.47. The van der Waals surface area contributed by atoms with Crippen molar-refractivity contribution in [3.8, 4) is 12.3 Å². The first-order valence-electron chi connectivity index (χ1n) is 4.76. The molecule has 12 heavy (non-hydrogen) atoms. The molecule has 2 heteroatoms. The van der Waals surface area contributed by atoms with E-state index >= 15 is 0 Å². The average molecular weight is 164 g/mol. The molecule has 2 bridgehead atoms. The molecule has 1 unspecified atom stereocenters. The van der Waals surface area contributed by atoms with E-state index < -0.39 is 0 Å². The molecule has 0 radical (unpaired) electrons. The molecule has 2 heterocycles. The molecule has 2 nitrogen and oxygen atoms in total. The third-order valence-corrected chi connectivity index (χ3v) is 3.19. The lowest BCUT2D eigenvalue weighted by atomic mass is 9.98. The Morgan fingerprint density at radius 1 is 1.33 bits per heavy atom. The molecule has 2 N–H and O–H groups in total. The van der Waals surface area contributed by atoms with Gasteiger partial charge in [0.05, 0.1) is 6.54 Å². The lowest BCUT2D eigenvalue weighted by Gasteiger charge is -2.36. The van der Waals surface area contributed by atoms with Crippen LogP contribution < -0.4 is 5.73 Å². The van der Waals surface area contributed by atoms with Crippen LogP contribution in [0.2, 0.25) is 0 Å². The molecule has 0 spiro atoms. The summed E-state index contributed by atoms with van der Waals surface area (Å²) in [6, 6.07) is 1.81. The smallest absolute Gasteiger partial charge is 0.0603 e. The van der Waals surface area contributed by atoms with Gasteiger partial charge in [0, 0.05) is 18.1 Å². The molecular formula is C10H16N2. The molecule has 0 amide bonds. The fourth-order valence-electron chi connectivity index (χ4n) is 2.68. The summed E-state index contributed by atoms with van der Waals surface area (Å²) < 4.78 is 0. The van der Waals surface area contributed by atoms with Crippen LogP contribution in [0.4, 0.5) is 0 Å². The van der Waals surface area contributed by atoms with Crippen molar-refractivity contribution in [1.29, 1.82) is 0 Å². The van der Waals surface area contributed by atoms with E-state index in [0.29, 0.717) is 18.1 Å². The second-order valence-electron chi connectivity index (χ2n) is 3.99. The monoisotopic (exact) mass is 164 g/mol. The van der Waals surface area contributed by atoms with Crippen LogP contribution in [0.3, 0.4) is 0 Å². The molecule has 66 valence electrons. The quantitative estimate of drug-likeness (QED) is 0.574. The van der Waals surface area contributed by atoms with E-state index in [1.54, 1.807) is 0 Å². The SMILES string of the molecule is C#CCN1[C@@H]2CC[C@H]1CC(N)C2. The summed E-state index contributed by atoms with van der Waals surface area (Å²) >= 11 is 0. The fraction of sp³-hybridized carbons (Fsp3) is 0.800. The molecule has 0 aromatic carbocycles. The van der Waals surface area contributed by atoms with Gasteiger partial charge in [0.25, 0.3) is 0 Å². The predicted octanol–water partition coefficient (Wildman–Crippen LogP) is 0.574. The van der Waals surface area contributed by atoms with Crippen molar-refractivity contribution in [2.45, 2.75) is 43.8 Å². The molecule has 2 saturated heterocycles. The van der Waals surface area contributed by atoms with Crippen LogP contribution in [-0.2, 0) is 0 Å². The standard InChI is InChI=1S/C10H16N2/c1-2-5-12-9-3-4-10(12)7-8(11)6-9/h1,8-10H,3-7,11H2/t8?,9-,10+. The summed E-state index contributed by atoms with van der Waals surface area (Å²) in [5, 5.41) is 0. The summed E-state index contributed by atoms with van der Waals surface area (Å²) in [5.74, 6) is 2.74. The second kappa shape index (κ2) is 3.08. The highest BCUT2D eigenvalue weighted by Gasteiger charge is 2.38. The zero-order valence-corrected chi connectivity index (χ0v) is 7.37. The molecule has 2 fully saturated rings. The van der Waals surface area contributed by atoms with E-state index in [0.717, 1.165) is 19.4 Å². The number of rotatable bonds is 1. The largest absolute Gasteiger partial charge is 0.328 e. The van der Waals surface area contributed by atoms with Crippen molar-refractivity contribution >= 4 is 0 Å². The number of terminal acetylenes is 1. The first-order valence-corrected chi connectivity index (χ1v) is 4.76. The second-order valence-corrected chi connectivity index (χ2v) is 3.99. The van der Waals surface area contributed by atoms with E-state index in [2.05, 4.69) is 10.8 Å². The van der Waals surface area contributed by atoms with Crippen molar-refractivity contribution in [1.82, 2.24) is 4.90 Å². The molecule has 2 aliphatic heterocycles. The fourth-order valence-corrected chi connectivity index (χ4v) is 2.68. The van der Waals surface area contributed by atoms with Crippen LogP contribution in [0.1, 0.15) is 25.7 Å². The topological polar surface area (TPSA) is 29.3 Å². The number of piperidine rings is 1. The van der Waals surface area contributed by atoms with Crippen molar-refractivity contribution in [3.63, 3.8) is 0 Å². The van der Waals surface area contributed by atoms with Gasteiger partial charge in [-0.3, -0.25) is 4.90 Å². The Morgan fingerprint density at radius 3 is 2.42 bits per heavy atom. The normalized spacial score (nSPS) is 41.2. The first kappa shape index (κ1) is 8.10. The molecule has 0 saturated carbocycles. The zero-order valence-electron chi connectivity index (χ0n) is 7.37. The molecule has 2 aliphatic rings. The van der Waals surface area contributed by atoms with Gasteiger partial charge in [-0.25, -0.2) is 0 Å². The van der Waals surface area contributed by atoms with Crippen molar-refractivity contribution in [2.24, 2.45) is 5.73 Å². The van der Waals surface area contributed by atoms with Gasteiger partial charge in [-0.15, -0.1) is 6.42 Å². The first-order chi connectivity index (χ1) is 5.81. The van der Waals surface area contributed by atoms with Gasteiger partial charge in [-0.1, -0.05) is 5.92 Å². The Bertz CT molecular complexity index is 192. The Hall–Kier alpha value is -0.520. The van der Waals surface area contributed by atoms with Crippen molar-refractivity contribution in [2.75, 3.05) is 6.54 Å². The summed E-state index contributed by atoms with van der Waals surface area (Å²) in [4.78, 5) is 2.46. The Morgan fingerprint density at radius 2 is 1.92 bits per heavy atom. The molecule has 0 aromatic heterocycles. The number of nitrogens with two attached hydrogens (primary N) is 1. The van der Waals surface area contributed by atoms with Crippen LogP contribution in [0.25, 0.3) is 0 Å². The lowest BCUT2D eigenvalue weighted by molar-refractivity contribution is 0.146. The summed E-state index contributed by atoms with van der Waals surface area (Å²) in [6.45, 7) is 0.821. The Balaban J connectivity index is 2.05.